The number of nitrogens with one attached hydrogen (secondary N) is 1. The van der Waals surface area contributed by atoms with E-state index >= 15 is 0 Å². The zero-order valence-corrected chi connectivity index (χ0v) is 17.8. The number of hydrogen-bond donors (Lipinski definition) is 1. The molecule has 2 aromatic carbocycles. The minimum Gasteiger partial charge on any atom is -0.493 e. The van der Waals surface area contributed by atoms with Gasteiger partial charge in [0.15, 0.2) is 11.5 Å². The zero-order valence-electron chi connectivity index (χ0n) is 17.8. The molecule has 0 aliphatic carbocycles. The lowest BCUT2D eigenvalue weighted by Gasteiger charge is -2.32. The van der Waals surface area contributed by atoms with Gasteiger partial charge in [-0.2, -0.15) is 0 Å². The summed E-state index contributed by atoms with van der Waals surface area (Å²) in [5.41, 5.74) is 2.35. The molecule has 0 aromatic heterocycles. The van der Waals surface area contributed by atoms with Gasteiger partial charge in [0, 0.05) is 31.8 Å². The second kappa shape index (κ2) is 10.3. The Bertz CT molecular complexity index is 786. The first-order chi connectivity index (χ1) is 14.2. The van der Waals surface area contributed by atoms with Gasteiger partial charge in [-0.1, -0.05) is 36.4 Å². The first kappa shape index (κ1) is 21.2. The minimum atomic E-state index is 0.134. The predicted molar refractivity (Wildman–Crippen MR) is 114 cm³/mol. The molecule has 0 radical (unpaired) electrons. The fourth-order valence-corrected chi connectivity index (χ4v) is 4.22. The van der Waals surface area contributed by atoms with Crippen LogP contribution < -0.4 is 14.4 Å². The van der Waals surface area contributed by atoms with Gasteiger partial charge in [0.1, 0.15) is 6.54 Å². The predicted octanol–water partition coefficient (Wildman–Crippen LogP) is 2.55. The van der Waals surface area contributed by atoms with Crippen LogP contribution in [0, 0.1) is 5.92 Å². The van der Waals surface area contributed by atoms with Gasteiger partial charge in [-0.05, 0) is 24.6 Å². The third-order valence-electron chi connectivity index (χ3n) is 5.88. The fraction of sp³-hybridized carbons (Fsp3) is 0.458. The quantitative estimate of drug-likeness (QED) is 0.745. The molecule has 156 valence electrons. The molecule has 1 heterocycles. The van der Waals surface area contributed by atoms with Crippen LogP contribution in [-0.4, -0.2) is 44.7 Å². The van der Waals surface area contributed by atoms with Crippen LogP contribution in [0.1, 0.15) is 30.9 Å². The van der Waals surface area contributed by atoms with Crippen LogP contribution in [0.15, 0.2) is 48.5 Å². The van der Waals surface area contributed by atoms with Gasteiger partial charge in [-0.25, -0.2) is 0 Å². The number of hydrogen-bond acceptors (Lipinski definition) is 3. The SMILES string of the molecule is CCN(Cc1ccccc1)C(=O)C1CC[NH+](Cc2cccc(OC)c2OC)CC1. The molecule has 0 spiro atoms. The molecule has 1 aliphatic rings. The third kappa shape index (κ3) is 5.30. The molecule has 0 saturated carbocycles. The average molecular weight is 398 g/mol. The van der Waals surface area contributed by atoms with E-state index in [1.807, 2.05) is 35.2 Å². The van der Waals surface area contributed by atoms with Gasteiger partial charge in [0.2, 0.25) is 5.91 Å². The summed E-state index contributed by atoms with van der Waals surface area (Å²) in [5, 5.41) is 0. The Labute approximate surface area is 174 Å². The van der Waals surface area contributed by atoms with Gasteiger partial charge in [0.05, 0.1) is 32.9 Å². The average Bonchev–Trinajstić information content (AvgIpc) is 2.78. The van der Waals surface area contributed by atoms with Crippen molar-refractivity contribution in [1.29, 1.82) is 0 Å². The van der Waals surface area contributed by atoms with Crippen LogP contribution >= 0.6 is 0 Å². The van der Waals surface area contributed by atoms with Crippen LogP contribution in [0.5, 0.6) is 11.5 Å². The Morgan fingerprint density at radius 2 is 1.76 bits per heavy atom. The van der Waals surface area contributed by atoms with Crippen LogP contribution in [0.3, 0.4) is 0 Å². The maximum absolute atomic E-state index is 13.1. The Kier molecular flexibility index (Phi) is 7.53. The topological polar surface area (TPSA) is 43.2 Å². The van der Waals surface area contributed by atoms with E-state index in [0.717, 1.165) is 56.1 Å². The Balaban J connectivity index is 1.56. The molecule has 5 heteroatoms. The molecule has 5 nitrogen and oxygen atoms in total. The summed E-state index contributed by atoms with van der Waals surface area (Å²) in [4.78, 5) is 16.6. The van der Waals surface area contributed by atoms with E-state index in [0.29, 0.717) is 12.5 Å². The first-order valence-corrected chi connectivity index (χ1v) is 10.5. The zero-order chi connectivity index (χ0) is 20.6. The van der Waals surface area contributed by atoms with Gasteiger partial charge < -0.3 is 19.3 Å². The maximum atomic E-state index is 13.1. The Morgan fingerprint density at radius 1 is 1.03 bits per heavy atom. The number of piperidine rings is 1. The summed E-state index contributed by atoms with van der Waals surface area (Å²) in [6.07, 6.45) is 1.87. The number of amides is 1. The Morgan fingerprint density at radius 3 is 2.38 bits per heavy atom. The molecule has 0 atom stereocenters. The van der Waals surface area contributed by atoms with Crippen molar-refractivity contribution in [3.8, 4) is 11.5 Å². The molecule has 0 bridgehead atoms. The van der Waals surface area contributed by atoms with E-state index in [9.17, 15) is 4.79 Å². The van der Waals surface area contributed by atoms with Gasteiger partial charge in [0.25, 0.3) is 0 Å². The number of carbonyl (C=O) groups is 1. The third-order valence-corrected chi connectivity index (χ3v) is 5.88. The smallest absolute Gasteiger partial charge is 0.226 e. The van der Waals surface area contributed by atoms with Crippen LogP contribution in [0.25, 0.3) is 0 Å². The number of quaternary nitrogens is 1. The highest BCUT2D eigenvalue weighted by molar-refractivity contribution is 5.78. The van der Waals surface area contributed by atoms with Crippen LogP contribution in [-0.2, 0) is 17.9 Å². The van der Waals surface area contributed by atoms with E-state index in [1.54, 1.807) is 14.2 Å². The highest BCUT2D eigenvalue weighted by Gasteiger charge is 2.30. The first-order valence-electron chi connectivity index (χ1n) is 10.5. The number of likely N-dealkylation sites (tertiary alicyclic amines) is 1. The number of carbonyl (C=O) groups excluding carboxylic acids is 1. The molecule has 1 fully saturated rings. The van der Waals surface area contributed by atoms with Crippen molar-refractivity contribution >= 4 is 5.91 Å². The van der Waals surface area contributed by atoms with Crippen molar-refractivity contribution in [1.82, 2.24) is 4.90 Å². The van der Waals surface area contributed by atoms with Crippen molar-refractivity contribution in [2.24, 2.45) is 5.92 Å². The number of benzene rings is 2. The molecule has 1 aliphatic heterocycles. The fourth-order valence-electron chi connectivity index (χ4n) is 4.22. The number of nitrogens with zero attached hydrogens (tertiary/aromatic N) is 1. The lowest BCUT2D eigenvalue weighted by Crippen LogP contribution is -3.11. The number of rotatable bonds is 8. The Hall–Kier alpha value is -2.53. The van der Waals surface area contributed by atoms with Crippen molar-refractivity contribution in [2.45, 2.75) is 32.9 Å². The summed E-state index contributed by atoms with van der Waals surface area (Å²) < 4.78 is 11.0. The number of ether oxygens (including phenoxy) is 2. The second-order valence-corrected chi connectivity index (χ2v) is 7.69. The molecule has 3 rings (SSSR count). The highest BCUT2D eigenvalue weighted by atomic mass is 16.5. The van der Waals surface area contributed by atoms with Crippen molar-refractivity contribution in [3.05, 3.63) is 59.7 Å². The standard InChI is InChI=1S/C24H32N2O3/c1-4-26(17-19-9-6-5-7-10-19)24(27)20-13-15-25(16-14-20)18-21-11-8-12-22(28-2)23(21)29-3/h5-12,20H,4,13-18H2,1-3H3/p+1. The normalized spacial score (nSPS) is 18.9. The van der Waals surface area contributed by atoms with E-state index < -0.39 is 0 Å². The maximum Gasteiger partial charge on any atom is 0.226 e. The molecule has 29 heavy (non-hydrogen) atoms. The van der Waals surface area contributed by atoms with Gasteiger partial charge >= 0.3 is 0 Å². The van der Waals surface area contributed by atoms with Crippen molar-refractivity contribution < 1.29 is 19.2 Å². The van der Waals surface area contributed by atoms with E-state index in [-0.39, 0.29) is 5.92 Å². The lowest BCUT2D eigenvalue weighted by molar-refractivity contribution is -0.919. The lowest BCUT2D eigenvalue weighted by atomic mass is 9.94. The molecule has 2 aromatic rings. The van der Waals surface area contributed by atoms with E-state index in [4.69, 9.17) is 9.47 Å². The number of para-hydroxylation sites is 1. The molecule has 1 N–H and O–H groups in total. The van der Waals surface area contributed by atoms with Gasteiger partial charge in [-0.3, -0.25) is 4.79 Å². The molecular weight excluding hydrogens is 364 g/mol. The molecule has 1 saturated heterocycles. The summed E-state index contributed by atoms with van der Waals surface area (Å²) in [7, 11) is 3.36. The summed E-state index contributed by atoms with van der Waals surface area (Å²) >= 11 is 0. The van der Waals surface area contributed by atoms with Crippen LogP contribution in [0.2, 0.25) is 0 Å². The molecule has 0 unspecified atom stereocenters. The minimum absolute atomic E-state index is 0.134. The second-order valence-electron chi connectivity index (χ2n) is 7.69. The highest BCUT2D eigenvalue weighted by Crippen LogP contribution is 2.30. The summed E-state index contributed by atoms with van der Waals surface area (Å²) in [6.45, 7) is 6.41. The molecular formula is C24H33N2O3+. The van der Waals surface area contributed by atoms with Crippen molar-refractivity contribution in [2.75, 3.05) is 33.9 Å². The molecule has 1 amide bonds. The van der Waals surface area contributed by atoms with Crippen LogP contribution in [0.4, 0.5) is 0 Å². The summed E-state index contributed by atoms with van der Waals surface area (Å²) in [6, 6.07) is 16.3. The van der Waals surface area contributed by atoms with Crippen molar-refractivity contribution in [3.63, 3.8) is 0 Å². The number of methoxy groups -OCH3 is 2. The van der Waals surface area contributed by atoms with E-state index in [2.05, 4.69) is 25.1 Å². The van der Waals surface area contributed by atoms with Gasteiger partial charge in [-0.15, -0.1) is 0 Å². The monoisotopic (exact) mass is 397 g/mol. The van der Waals surface area contributed by atoms with E-state index in [1.165, 1.54) is 10.5 Å². The summed E-state index contributed by atoms with van der Waals surface area (Å²) in [5.74, 6) is 2.03. The largest absolute Gasteiger partial charge is 0.493 e.